The topological polar surface area (TPSA) is 75.2 Å². The number of halogens is 1. The van der Waals surface area contributed by atoms with Gasteiger partial charge in [-0.05, 0) is 32.8 Å². The first-order valence-electron chi connectivity index (χ1n) is 9.96. The molecule has 7 nitrogen and oxygen atoms in total. The standard InChI is InChI=1S/C21H32N4O3.HI/c1-4-15-28-19-10-8-7-9-17(19)16-23-20(22-5-2)24-18-11-13-25(14-12-18)21(26)27-6-3;/h4,7-10,18H,1,5-6,11-16H2,2-3H3,(H2,22,23,24);1H. The summed E-state index contributed by atoms with van der Waals surface area (Å²) in [6, 6.07) is 8.17. The fourth-order valence-electron chi connectivity index (χ4n) is 3.02. The van der Waals surface area contributed by atoms with Gasteiger partial charge in [-0.15, -0.1) is 24.0 Å². The van der Waals surface area contributed by atoms with Crippen molar-refractivity contribution < 1.29 is 14.3 Å². The van der Waals surface area contributed by atoms with Gasteiger partial charge in [0, 0.05) is 31.2 Å². The predicted octanol–water partition coefficient (Wildman–Crippen LogP) is 3.55. The molecule has 0 spiro atoms. The van der Waals surface area contributed by atoms with E-state index in [1.807, 2.05) is 38.1 Å². The normalized spacial score (nSPS) is 14.6. The highest BCUT2D eigenvalue weighted by Gasteiger charge is 2.24. The Kier molecular flexibility index (Phi) is 12.2. The lowest BCUT2D eigenvalue weighted by atomic mass is 10.1. The highest BCUT2D eigenvalue weighted by molar-refractivity contribution is 14.0. The minimum absolute atomic E-state index is 0. The summed E-state index contributed by atoms with van der Waals surface area (Å²) in [6.07, 6.45) is 3.23. The van der Waals surface area contributed by atoms with Crippen LogP contribution in [-0.2, 0) is 11.3 Å². The number of hydrogen-bond acceptors (Lipinski definition) is 4. The Balaban J connectivity index is 0.00000420. The molecular formula is C21H33IN4O3. The summed E-state index contributed by atoms with van der Waals surface area (Å²) in [5.74, 6) is 1.60. The van der Waals surface area contributed by atoms with Crippen LogP contribution in [0.25, 0.3) is 0 Å². The van der Waals surface area contributed by atoms with E-state index in [2.05, 4.69) is 17.2 Å². The maximum Gasteiger partial charge on any atom is 0.409 e. The number of ether oxygens (including phenoxy) is 2. The van der Waals surface area contributed by atoms with Crippen LogP contribution in [0, 0.1) is 0 Å². The Morgan fingerprint density at radius 3 is 2.69 bits per heavy atom. The summed E-state index contributed by atoms with van der Waals surface area (Å²) >= 11 is 0. The van der Waals surface area contributed by atoms with Crippen LogP contribution in [0.5, 0.6) is 5.75 Å². The summed E-state index contributed by atoms with van der Waals surface area (Å²) in [7, 11) is 0. The van der Waals surface area contributed by atoms with E-state index in [1.165, 1.54) is 0 Å². The minimum Gasteiger partial charge on any atom is -0.489 e. The third kappa shape index (κ3) is 8.51. The van der Waals surface area contributed by atoms with Crippen LogP contribution < -0.4 is 15.4 Å². The number of nitrogens with zero attached hydrogens (tertiary/aromatic N) is 2. The molecule has 1 aromatic rings. The van der Waals surface area contributed by atoms with Gasteiger partial charge in [0.15, 0.2) is 5.96 Å². The van der Waals surface area contributed by atoms with Crippen molar-refractivity contribution >= 4 is 36.0 Å². The van der Waals surface area contributed by atoms with Gasteiger partial charge in [-0.1, -0.05) is 30.9 Å². The second kappa shape index (κ2) is 14.1. The predicted molar refractivity (Wildman–Crippen MR) is 127 cm³/mol. The first kappa shape index (κ1) is 25.1. The zero-order valence-corrected chi connectivity index (χ0v) is 19.7. The zero-order valence-electron chi connectivity index (χ0n) is 17.4. The molecule has 1 aliphatic heterocycles. The molecule has 0 saturated carbocycles. The summed E-state index contributed by atoms with van der Waals surface area (Å²) in [6.45, 7) is 11.1. The second-order valence-corrected chi connectivity index (χ2v) is 6.51. The van der Waals surface area contributed by atoms with Crippen molar-refractivity contribution in [3.63, 3.8) is 0 Å². The van der Waals surface area contributed by atoms with Gasteiger partial charge in [-0.3, -0.25) is 0 Å². The average molecular weight is 516 g/mol. The molecular weight excluding hydrogens is 483 g/mol. The van der Waals surface area contributed by atoms with Crippen molar-refractivity contribution in [3.8, 4) is 5.75 Å². The van der Waals surface area contributed by atoms with E-state index in [0.717, 1.165) is 36.7 Å². The van der Waals surface area contributed by atoms with Crippen molar-refractivity contribution in [1.82, 2.24) is 15.5 Å². The lowest BCUT2D eigenvalue weighted by Gasteiger charge is -2.32. The number of benzene rings is 1. The van der Waals surface area contributed by atoms with E-state index in [9.17, 15) is 4.79 Å². The minimum atomic E-state index is -0.224. The van der Waals surface area contributed by atoms with Crippen molar-refractivity contribution in [2.24, 2.45) is 4.99 Å². The van der Waals surface area contributed by atoms with E-state index < -0.39 is 0 Å². The Labute approximate surface area is 190 Å². The van der Waals surface area contributed by atoms with Crippen LogP contribution in [0.3, 0.4) is 0 Å². The maximum atomic E-state index is 11.8. The number of guanidine groups is 1. The molecule has 8 heteroatoms. The van der Waals surface area contributed by atoms with Crippen molar-refractivity contribution in [1.29, 1.82) is 0 Å². The van der Waals surface area contributed by atoms with Gasteiger partial charge in [-0.2, -0.15) is 0 Å². The summed E-state index contributed by atoms with van der Waals surface area (Å²) in [4.78, 5) is 18.3. The second-order valence-electron chi connectivity index (χ2n) is 6.51. The highest BCUT2D eigenvalue weighted by Crippen LogP contribution is 2.19. The third-order valence-electron chi connectivity index (χ3n) is 4.44. The number of nitrogens with one attached hydrogen (secondary N) is 2. The van der Waals surface area contributed by atoms with Gasteiger partial charge < -0.3 is 25.0 Å². The molecule has 1 aromatic carbocycles. The number of aliphatic imine (C=N–C) groups is 1. The zero-order chi connectivity index (χ0) is 20.2. The highest BCUT2D eigenvalue weighted by atomic mass is 127. The van der Waals surface area contributed by atoms with Crippen LogP contribution in [0.2, 0.25) is 0 Å². The number of rotatable bonds is 8. The van der Waals surface area contributed by atoms with Gasteiger partial charge in [-0.25, -0.2) is 9.79 Å². The van der Waals surface area contributed by atoms with Gasteiger partial charge in [0.1, 0.15) is 12.4 Å². The number of carbonyl (C=O) groups is 1. The fourth-order valence-corrected chi connectivity index (χ4v) is 3.02. The molecule has 2 N–H and O–H groups in total. The summed E-state index contributed by atoms with van der Waals surface area (Å²) < 4.78 is 10.8. The number of carbonyl (C=O) groups excluding carboxylic acids is 1. The Morgan fingerprint density at radius 1 is 1.31 bits per heavy atom. The Morgan fingerprint density at radius 2 is 2.03 bits per heavy atom. The number of piperidine rings is 1. The van der Waals surface area contributed by atoms with Crippen molar-refractivity contribution in [2.75, 3.05) is 32.8 Å². The van der Waals surface area contributed by atoms with Crippen molar-refractivity contribution in [3.05, 3.63) is 42.5 Å². The number of hydrogen-bond donors (Lipinski definition) is 2. The van der Waals surface area contributed by atoms with Crippen LogP contribution in [0.1, 0.15) is 32.3 Å². The van der Waals surface area contributed by atoms with E-state index in [4.69, 9.17) is 14.5 Å². The van der Waals surface area contributed by atoms with Gasteiger partial charge in [0.2, 0.25) is 0 Å². The quantitative estimate of drug-likeness (QED) is 0.239. The van der Waals surface area contributed by atoms with Crippen LogP contribution >= 0.6 is 24.0 Å². The van der Waals surface area contributed by atoms with Gasteiger partial charge >= 0.3 is 6.09 Å². The van der Waals surface area contributed by atoms with E-state index in [0.29, 0.717) is 32.8 Å². The molecule has 1 aliphatic rings. The molecule has 0 aliphatic carbocycles. The van der Waals surface area contributed by atoms with E-state index >= 15 is 0 Å². The Hall–Kier alpha value is -1.97. The molecule has 162 valence electrons. The molecule has 29 heavy (non-hydrogen) atoms. The summed E-state index contributed by atoms with van der Waals surface area (Å²) in [5.41, 5.74) is 1.03. The fraction of sp³-hybridized carbons (Fsp3) is 0.524. The largest absolute Gasteiger partial charge is 0.489 e. The Bertz CT molecular complexity index is 661. The lowest BCUT2D eigenvalue weighted by Crippen LogP contribution is -2.49. The van der Waals surface area contributed by atoms with Crippen LogP contribution in [0.15, 0.2) is 41.9 Å². The first-order valence-corrected chi connectivity index (χ1v) is 9.96. The molecule has 1 saturated heterocycles. The molecule has 2 rings (SSSR count). The van der Waals surface area contributed by atoms with Crippen LogP contribution in [0.4, 0.5) is 4.79 Å². The number of amides is 1. The smallest absolute Gasteiger partial charge is 0.409 e. The molecule has 0 unspecified atom stereocenters. The molecule has 1 amide bonds. The third-order valence-corrected chi connectivity index (χ3v) is 4.44. The van der Waals surface area contributed by atoms with E-state index in [-0.39, 0.29) is 36.1 Å². The number of para-hydroxylation sites is 1. The van der Waals surface area contributed by atoms with Gasteiger partial charge in [0.05, 0.1) is 13.2 Å². The van der Waals surface area contributed by atoms with Crippen LogP contribution in [-0.4, -0.2) is 55.8 Å². The molecule has 1 heterocycles. The monoisotopic (exact) mass is 516 g/mol. The molecule has 0 aromatic heterocycles. The lowest BCUT2D eigenvalue weighted by molar-refractivity contribution is 0.0963. The van der Waals surface area contributed by atoms with Gasteiger partial charge in [0.25, 0.3) is 0 Å². The molecule has 0 atom stereocenters. The molecule has 1 fully saturated rings. The van der Waals surface area contributed by atoms with E-state index in [1.54, 1.807) is 11.0 Å². The first-order chi connectivity index (χ1) is 13.7. The SMILES string of the molecule is C=CCOc1ccccc1CN=C(NCC)NC1CCN(C(=O)OCC)CC1.I. The average Bonchev–Trinajstić information content (AvgIpc) is 2.72. The molecule has 0 radical (unpaired) electrons. The van der Waals surface area contributed by atoms with Crippen molar-refractivity contribution in [2.45, 2.75) is 39.3 Å². The number of likely N-dealkylation sites (tertiary alicyclic amines) is 1. The molecule has 0 bridgehead atoms. The maximum absolute atomic E-state index is 11.8. The summed E-state index contributed by atoms with van der Waals surface area (Å²) in [5, 5.41) is 6.78.